The van der Waals surface area contributed by atoms with Gasteiger partial charge in [-0.2, -0.15) is 5.10 Å². The van der Waals surface area contributed by atoms with Gasteiger partial charge in [-0.3, -0.25) is 9.48 Å². The average molecular weight is 244 g/mol. The standard InChI is InChI=1S/C13H16N4O/c1-9-7-12(17(2)16-9)15-13(18)8-10-5-3-4-6-11(10)14/h3-7H,8,14H2,1-2H3,(H,15,18). The highest BCUT2D eigenvalue weighted by Crippen LogP contribution is 2.13. The number of nitrogens with zero attached hydrogens (tertiary/aromatic N) is 2. The molecule has 94 valence electrons. The van der Waals surface area contributed by atoms with E-state index in [4.69, 9.17) is 5.73 Å². The molecule has 2 rings (SSSR count). The predicted octanol–water partition coefficient (Wildman–Crippen LogP) is 1.49. The van der Waals surface area contributed by atoms with Crippen LogP contribution in [0.1, 0.15) is 11.3 Å². The number of para-hydroxylation sites is 1. The van der Waals surface area contributed by atoms with Crippen molar-refractivity contribution in [1.82, 2.24) is 9.78 Å². The van der Waals surface area contributed by atoms with Gasteiger partial charge in [0.05, 0.1) is 12.1 Å². The van der Waals surface area contributed by atoms with Crippen LogP contribution >= 0.6 is 0 Å². The number of aromatic nitrogens is 2. The monoisotopic (exact) mass is 244 g/mol. The Morgan fingerprint density at radius 1 is 1.44 bits per heavy atom. The smallest absolute Gasteiger partial charge is 0.230 e. The van der Waals surface area contributed by atoms with Gasteiger partial charge in [-0.15, -0.1) is 0 Å². The summed E-state index contributed by atoms with van der Waals surface area (Å²) < 4.78 is 1.64. The number of anilines is 2. The molecule has 18 heavy (non-hydrogen) atoms. The first-order valence-electron chi connectivity index (χ1n) is 5.70. The SMILES string of the molecule is Cc1cc(NC(=O)Cc2ccccc2N)n(C)n1. The van der Waals surface area contributed by atoms with Crippen molar-refractivity contribution in [2.45, 2.75) is 13.3 Å². The van der Waals surface area contributed by atoms with E-state index in [0.717, 1.165) is 11.3 Å². The molecule has 0 saturated heterocycles. The van der Waals surface area contributed by atoms with E-state index in [0.29, 0.717) is 11.5 Å². The van der Waals surface area contributed by atoms with E-state index in [1.165, 1.54) is 0 Å². The van der Waals surface area contributed by atoms with Crippen LogP contribution in [0, 0.1) is 6.92 Å². The molecular formula is C13H16N4O. The minimum absolute atomic E-state index is 0.101. The summed E-state index contributed by atoms with van der Waals surface area (Å²) in [5.74, 6) is 0.586. The summed E-state index contributed by atoms with van der Waals surface area (Å²) in [4.78, 5) is 11.9. The van der Waals surface area contributed by atoms with E-state index in [9.17, 15) is 4.79 Å². The lowest BCUT2D eigenvalue weighted by molar-refractivity contribution is -0.115. The fourth-order valence-electron chi connectivity index (χ4n) is 1.78. The summed E-state index contributed by atoms with van der Waals surface area (Å²) in [5, 5.41) is 6.98. The van der Waals surface area contributed by atoms with E-state index < -0.39 is 0 Å². The molecule has 1 aromatic heterocycles. The van der Waals surface area contributed by atoms with Crippen LogP contribution in [0.2, 0.25) is 0 Å². The van der Waals surface area contributed by atoms with Crippen LogP contribution < -0.4 is 11.1 Å². The summed E-state index contributed by atoms with van der Waals surface area (Å²) in [6.07, 6.45) is 0.261. The van der Waals surface area contributed by atoms with Crippen molar-refractivity contribution >= 4 is 17.4 Å². The minimum atomic E-state index is -0.101. The number of rotatable bonds is 3. The molecule has 0 bridgehead atoms. The maximum Gasteiger partial charge on any atom is 0.230 e. The number of nitrogens with one attached hydrogen (secondary N) is 1. The third-order valence-corrected chi connectivity index (χ3v) is 2.68. The van der Waals surface area contributed by atoms with Gasteiger partial charge in [0.25, 0.3) is 0 Å². The van der Waals surface area contributed by atoms with Gasteiger partial charge in [0.15, 0.2) is 0 Å². The minimum Gasteiger partial charge on any atom is -0.398 e. The normalized spacial score (nSPS) is 10.3. The Bertz CT molecular complexity index is 574. The number of hydrogen-bond acceptors (Lipinski definition) is 3. The van der Waals surface area contributed by atoms with E-state index in [2.05, 4.69) is 10.4 Å². The summed E-state index contributed by atoms with van der Waals surface area (Å²) >= 11 is 0. The number of nitrogens with two attached hydrogens (primary N) is 1. The van der Waals surface area contributed by atoms with Crippen LogP contribution in [0.3, 0.4) is 0 Å². The van der Waals surface area contributed by atoms with Gasteiger partial charge in [-0.25, -0.2) is 0 Å². The van der Waals surface area contributed by atoms with Crippen molar-refractivity contribution < 1.29 is 4.79 Å². The molecule has 5 nitrogen and oxygen atoms in total. The molecule has 0 spiro atoms. The number of benzene rings is 1. The fourth-order valence-corrected chi connectivity index (χ4v) is 1.78. The highest BCUT2D eigenvalue weighted by atomic mass is 16.1. The molecule has 1 amide bonds. The lowest BCUT2D eigenvalue weighted by Crippen LogP contribution is -2.17. The molecule has 0 radical (unpaired) electrons. The molecule has 0 atom stereocenters. The number of amides is 1. The third kappa shape index (κ3) is 2.68. The quantitative estimate of drug-likeness (QED) is 0.803. The van der Waals surface area contributed by atoms with Crippen molar-refractivity contribution in [3.8, 4) is 0 Å². The van der Waals surface area contributed by atoms with Crippen molar-refractivity contribution in [2.24, 2.45) is 7.05 Å². The molecule has 1 aromatic carbocycles. The lowest BCUT2D eigenvalue weighted by Gasteiger charge is -2.07. The topological polar surface area (TPSA) is 72.9 Å². The zero-order chi connectivity index (χ0) is 13.1. The molecule has 0 aliphatic carbocycles. The van der Waals surface area contributed by atoms with E-state index in [1.807, 2.05) is 31.2 Å². The van der Waals surface area contributed by atoms with Gasteiger partial charge in [0, 0.05) is 18.8 Å². The molecule has 0 fully saturated rings. The Hall–Kier alpha value is -2.30. The number of hydrogen-bond donors (Lipinski definition) is 2. The fraction of sp³-hybridized carbons (Fsp3) is 0.231. The predicted molar refractivity (Wildman–Crippen MR) is 71.1 cm³/mol. The summed E-state index contributed by atoms with van der Waals surface area (Å²) in [6.45, 7) is 1.88. The molecule has 5 heteroatoms. The summed E-state index contributed by atoms with van der Waals surface area (Å²) in [7, 11) is 1.79. The van der Waals surface area contributed by atoms with E-state index >= 15 is 0 Å². The lowest BCUT2D eigenvalue weighted by atomic mass is 10.1. The molecule has 1 heterocycles. The zero-order valence-electron chi connectivity index (χ0n) is 10.5. The maximum atomic E-state index is 11.9. The van der Waals surface area contributed by atoms with Crippen LogP contribution in [0.5, 0.6) is 0 Å². The molecular weight excluding hydrogens is 228 g/mol. The van der Waals surface area contributed by atoms with Gasteiger partial charge in [-0.05, 0) is 18.6 Å². The second-order valence-electron chi connectivity index (χ2n) is 4.22. The van der Waals surface area contributed by atoms with Crippen molar-refractivity contribution in [3.63, 3.8) is 0 Å². The Balaban J connectivity index is 2.06. The Morgan fingerprint density at radius 2 is 2.17 bits per heavy atom. The molecule has 3 N–H and O–H groups in total. The van der Waals surface area contributed by atoms with Crippen LogP contribution in [-0.4, -0.2) is 15.7 Å². The van der Waals surface area contributed by atoms with Crippen LogP contribution in [0.15, 0.2) is 30.3 Å². The number of nitrogen functional groups attached to an aromatic ring is 1. The van der Waals surface area contributed by atoms with Crippen molar-refractivity contribution in [3.05, 3.63) is 41.6 Å². The van der Waals surface area contributed by atoms with Gasteiger partial charge in [0.2, 0.25) is 5.91 Å². The second kappa shape index (κ2) is 4.91. The molecule has 0 unspecified atom stereocenters. The number of carbonyl (C=O) groups is 1. The largest absolute Gasteiger partial charge is 0.398 e. The first-order chi connectivity index (χ1) is 8.56. The van der Waals surface area contributed by atoms with E-state index in [-0.39, 0.29) is 12.3 Å². The second-order valence-corrected chi connectivity index (χ2v) is 4.22. The van der Waals surface area contributed by atoms with Crippen LogP contribution in [0.25, 0.3) is 0 Å². The Kier molecular flexibility index (Phi) is 3.32. The highest BCUT2D eigenvalue weighted by molar-refractivity contribution is 5.92. The highest BCUT2D eigenvalue weighted by Gasteiger charge is 2.09. The van der Waals surface area contributed by atoms with Crippen LogP contribution in [0.4, 0.5) is 11.5 Å². The Labute approximate surface area is 106 Å². The molecule has 0 aliphatic heterocycles. The Morgan fingerprint density at radius 3 is 2.78 bits per heavy atom. The number of carbonyl (C=O) groups excluding carboxylic acids is 1. The van der Waals surface area contributed by atoms with Gasteiger partial charge >= 0.3 is 0 Å². The van der Waals surface area contributed by atoms with Crippen molar-refractivity contribution in [2.75, 3.05) is 11.1 Å². The van der Waals surface area contributed by atoms with Gasteiger partial charge < -0.3 is 11.1 Å². The average Bonchev–Trinajstić information content (AvgIpc) is 2.61. The van der Waals surface area contributed by atoms with Crippen molar-refractivity contribution in [1.29, 1.82) is 0 Å². The maximum absolute atomic E-state index is 11.9. The third-order valence-electron chi connectivity index (χ3n) is 2.68. The summed E-state index contributed by atoms with van der Waals surface area (Å²) in [5.41, 5.74) is 8.13. The number of aryl methyl sites for hydroxylation is 2. The van der Waals surface area contributed by atoms with Gasteiger partial charge in [0.1, 0.15) is 5.82 Å². The molecule has 2 aromatic rings. The zero-order valence-corrected chi connectivity index (χ0v) is 10.5. The van der Waals surface area contributed by atoms with E-state index in [1.54, 1.807) is 17.8 Å². The summed E-state index contributed by atoms with van der Waals surface area (Å²) in [6, 6.07) is 9.18. The molecule has 0 saturated carbocycles. The van der Waals surface area contributed by atoms with Crippen LogP contribution in [-0.2, 0) is 18.3 Å². The van der Waals surface area contributed by atoms with Gasteiger partial charge in [-0.1, -0.05) is 18.2 Å². The first kappa shape index (κ1) is 12.2. The molecule has 0 aliphatic rings. The first-order valence-corrected chi connectivity index (χ1v) is 5.70.